The summed E-state index contributed by atoms with van der Waals surface area (Å²) in [7, 11) is 0. The van der Waals surface area contributed by atoms with E-state index < -0.39 is 0 Å². The molecule has 0 aromatic heterocycles. The van der Waals surface area contributed by atoms with Crippen molar-refractivity contribution in [2.45, 2.75) is 32.9 Å². The second-order valence-electron chi connectivity index (χ2n) is 3.51. The first-order valence-corrected chi connectivity index (χ1v) is 4.89. The number of rotatable bonds is 2. The van der Waals surface area contributed by atoms with Gasteiger partial charge in [0.15, 0.2) is 0 Å². The quantitative estimate of drug-likeness (QED) is 0.678. The van der Waals surface area contributed by atoms with Crippen molar-refractivity contribution in [2.75, 3.05) is 13.2 Å². The van der Waals surface area contributed by atoms with Crippen LogP contribution in [0, 0.1) is 5.92 Å². The molecule has 76 valence electrons. The summed E-state index contributed by atoms with van der Waals surface area (Å²) in [4.78, 5) is 11.0. The first-order chi connectivity index (χ1) is 6.22. The second-order valence-corrected chi connectivity index (χ2v) is 3.51. The van der Waals surface area contributed by atoms with Crippen molar-refractivity contribution in [2.24, 2.45) is 5.92 Å². The third kappa shape index (κ3) is 3.63. The molecular weight excluding hydrogens is 168 g/mol. The Hall–Kier alpha value is -0.770. The monoisotopic (exact) mass is 186 g/mol. The van der Waals surface area contributed by atoms with E-state index in [1.165, 1.54) is 0 Å². The van der Waals surface area contributed by atoms with Crippen molar-refractivity contribution in [3.63, 3.8) is 0 Å². The zero-order chi connectivity index (χ0) is 9.68. The number of carbonyl (C=O) groups is 1. The van der Waals surface area contributed by atoms with Gasteiger partial charge in [-0.1, -0.05) is 6.92 Å². The van der Waals surface area contributed by atoms with Crippen molar-refractivity contribution >= 4 is 6.09 Å². The molecule has 1 heterocycles. The lowest BCUT2D eigenvalue weighted by molar-refractivity contribution is 0.141. The molecule has 0 aliphatic carbocycles. The van der Waals surface area contributed by atoms with Crippen LogP contribution in [0.15, 0.2) is 0 Å². The highest BCUT2D eigenvalue weighted by Crippen LogP contribution is 2.11. The van der Waals surface area contributed by atoms with E-state index >= 15 is 0 Å². The van der Waals surface area contributed by atoms with Crippen molar-refractivity contribution in [1.82, 2.24) is 10.6 Å². The molecule has 1 amide bonds. The van der Waals surface area contributed by atoms with E-state index in [2.05, 4.69) is 17.6 Å². The summed E-state index contributed by atoms with van der Waals surface area (Å²) in [5.41, 5.74) is 0. The highest BCUT2D eigenvalue weighted by atomic mass is 16.5. The lowest BCUT2D eigenvalue weighted by Gasteiger charge is -2.27. The number of ether oxygens (including phenoxy) is 1. The van der Waals surface area contributed by atoms with Crippen molar-refractivity contribution < 1.29 is 9.53 Å². The predicted octanol–water partition coefficient (Wildman–Crippen LogP) is 1.08. The SMILES string of the molecule is CCOC(=O)N[C@H]1CC[C@@H](C)CN1. The Kier molecular flexibility index (Phi) is 4.02. The fourth-order valence-electron chi connectivity index (χ4n) is 1.44. The standard InChI is InChI=1S/C9H18N2O2/c1-3-13-9(12)11-8-5-4-7(2)6-10-8/h7-8,10H,3-6H2,1-2H3,(H,11,12)/t7-,8+/m1/s1. The molecule has 1 saturated heterocycles. The number of piperidine rings is 1. The van der Waals surface area contributed by atoms with Gasteiger partial charge in [0.2, 0.25) is 0 Å². The Morgan fingerprint density at radius 1 is 1.62 bits per heavy atom. The number of alkyl carbamates (subject to hydrolysis) is 1. The van der Waals surface area contributed by atoms with Gasteiger partial charge in [0.25, 0.3) is 0 Å². The van der Waals surface area contributed by atoms with Crippen LogP contribution in [-0.4, -0.2) is 25.4 Å². The lowest BCUT2D eigenvalue weighted by Crippen LogP contribution is -2.49. The summed E-state index contributed by atoms with van der Waals surface area (Å²) in [6.45, 7) is 5.40. The first kappa shape index (κ1) is 10.3. The number of nitrogens with one attached hydrogen (secondary N) is 2. The Labute approximate surface area is 79.0 Å². The summed E-state index contributed by atoms with van der Waals surface area (Å²) in [5.74, 6) is 0.709. The highest BCUT2D eigenvalue weighted by Gasteiger charge is 2.18. The predicted molar refractivity (Wildman–Crippen MR) is 50.3 cm³/mol. The molecule has 13 heavy (non-hydrogen) atoms. The normalized spacial score (nSPS) is 28.2. The zero-order valence-electron chi connectivity index (χ0n) is 8.30. The molecule has 0 aromatic rings. The van der Waals surface area contributed by atoms with Crippen LogP contribution in [0.3, 0.4) is 0 Å². The van der Waals surface area contributed by atoms with E-state index in [1.807, 2.05) is 0 Å². The Morgan fingerprint density at radius 2 is 2.38 bits per heavy atom. The molecule has 0 unspecified atom stereocenters. The number of carbonyl (C=O) groups excluding carboxylic acids is 1. The van der Waals surface area contributed by atoms with Crippen LogP contribution >= 0.6 is 0 Å². The van der Waals surface area contributed by atoms with Crippen LogP contribution in [0.4, 0.5) is 4.79 Å². The van der Waals surface area contributed by atoms with Gasteiger partial charge in [0.1, 0.15) is 0 Å². The van der Waals surface area contributed by atoms with Crippen LogP contribution in [0.5, 0.6) is 0 Å². The molecule has 0 radical (unpaired) electrons. The minimum atomic E-state index is -0.324. The Balaban J connectivity index is 2.18. The number of hydrogen-bond acceptors (Lipinski definition) is 3. The number of amides is 1. The summed E-state index contributed by atoms with van der Waals surface area (Å²) in [5, 5.41) is 6.01. The van der Waals surface area contributed by atoms with Gasteiger partial charge in [-0.15, -0.1) is 0 Å². The Morgan fingerprint density at radius 3 is 2.92 bits per heavy atom. The summed E-state index contributed by atoms with van der Waals surface area (Å²) in [6.07, 6.45) is 1.91. The van der Waals surface area contributed by atoms with Gasteiger partial charge >= 0.3 is 6.09 Å². The number of hydrogen-bond donors (Lipinski definition) is 2. The molecule has 2 atom stereocenters. The third-order valence-electron chi connectivity index (χ3n) is 2.23. The molecule has 0 aromatic carbocycles. The molecule has 4 heteroatoms. The maximum absolute atomic E-state index is 11.0. The van der Waals surface area contributed by atoms with Crippen LogP contribution in [-0.2, 0) is 4.74 Å². The molecule has 0 saturated carbocycles. The first-order valence-electron chi connectivity index (χ1n) is 4.89. The summed E-state index contributed by atoms with van der Waals surface area (Å²) < 4.78 is 4.78. The summed E-state index contributed by atoms with van der Waals surface area (Å²) >= 11 is 0. The van der Waals surface area contributed by atoms with Gasteiger partial charge < -0.3 is 10.1 Å². The topological polar surface area (TPSA) is 50.4 Å². The molecule has 1 aliphatic heterocycles. The van der Waals surface area contributed by atoms with E-state index in [9.17, 15) is 4.79 Å². The van der Waals surface area contributed by atoms with Gasteiger partial charge in [-0.25, -0.2) is 4.79 Å². The van der Waals surface area contributed by atoms with Gasteiger partial charge in [-0.2, -0.15) is 0 Å². The average molecular weight is 186 g/mol. The molecule has 1 aliphatic rings. The van der Waals surface area contributed by atoms with Gasteiger partial charge in [0, 0.05) is 0 Å². The fraction of sp³-hybridized carbons (Fsp3) is 0.889. The van der Waals surface area contributed by atoms with Crippen LogP contribution in [0.1, 0.15) is 26.7 Å². The fourth-order valence-corrected chi connectivity index (χ4v) is 1.44. The Bertz CT molecular complexity index is 165. The van der Waals surface area contributed by atoms with E-state index in [1.54, 1.807) is 6.92 Å². The third-order valence-corrected chi connectivity index (χ3v) is 2.23. The average Bonchev–Trinajstić information content (AvgIpc) is 2.09. The second kappa shape index (κ2) is 5.07. The maximum Gasteiger partial charge on any atom is 0.408 e. The van der Waals surface area contributed by atoms with Crippen LogP contribution < -0.4 is 10.6 Å². The van der Waals surface area contributed by atoms with Gasteiger partial charge in [0.05, 0.1) is 12.8 Å². The minimum Gasteiger partial charge on any atom is -0.450 e. The molecule has 1 fully saturated rings. The van der Waals surface area contributed by atoms with Crippen molar-refractivity contribution in [3.05, 3.63) is 0 Å². The van der Waals surface area contributed by atoms with Crippen molar-refractivity contribution in [1.29, 1.82) is 0 Å². The zero-order valence-corrected chi connectivity index (χ0v) is 8.30. The smallest absolute Gasteiger partial charge is 0.408 e. The van der Waals surface area contributed by atoms with Gasteiger partial charge in [-0.05, 0) is 32.2 Å². The minimum absolute atomic E-state index is 0.0928. The van der Waals surface area contributed by atoms with E-state index in [0.29, 0.717) is 12.5 Å². The largest absolute Gasteiger partial charge is 0.450 e. The van der Waals surface area contributed by atoms with Crippen LogP contribution in [0.25, 0.3) is 0 Å². The summed E-state index contributed by atoms with van der Waals surface area (Å²) in [6, 6.07) is 0. The molecule has 2 N–H and O–H groups in total. The molecule has 0 spiro atoms. The van der Waals surface area contributed by atoms with E-state index in [4.69, 9.17) is 4.74 Å². The van der Waals surface area contributed by atoms with Gasteiger partial charge in [-0.3, -0.25) is 5.32 Å². The van der Waals surface area contributed by atoms with Crippen molar-refractivity contribution in [3.8, 4) is 0 Å². The molecule has 1 rings (SSSR count). The highest BCUT2D eigenvalue weighted by molar-refractivity contribution is 5.67. The maximum atomic E-state index is 11.0. The molecule has 4 nitrogen and oxygen atoms in total. The lowest BCUT2D eigenvalue weighted by atomic mass is 10.0. The van der Waals surface area contributed by atoms with E-state index in [-0.39, 0.29) is 12.3 Å². The van der Waals surface area contributed by atoms with Crippen LogP contribution in [0.2, 0.25) is 0 Å². The molecular formula is C9H18N2O2. The van der Waals surface area contributed by atoms with E-state index in [0.717, 1.165) is 19.4 Å². The molecule has 0 bridgehead atoms.